The Morgan fingerprint density at radius 3 is 2.53 bits per heavy atom. The molecule has 92 valence electrons. The highest BCUT2D eigenvalue weighted by Gasteiger charge is 2.38. The van der Waals surface area contributed by atoms with Crippen LogP contribution in [0.4, 0.5) is 5.69 Å². The van der Waals surface area contributed by atoms with Crippen molar-refractivity contribution in [1.82, 2.24) is 5.32 Å². The number of anilines is 1. The Bertz CT molecular complexity index is 422. The Balaban J connectivity index is 2.14. The number of para-hydroxylation sites is 1. The van der Waals surface area contributed by atoms with Gasteiger partial charge >= 0.3 is 0 Å². The second kappa shape index (κ2) is 4.40. The summed E-state index contributed by atoms with van der Waals surface area (Å²) < 4.78 is 0. The van der Waals surface area contributed by atoms with Crippen LogP contribution in [-0.4, -0.2) is 18.5 Å². The van der Waals surface area contributed by atoms with Crippen LogP contribution in [0.5, 0.6) is 0 Å². The standard InChI is InChI=1S/C14H20N2O/c1-14(2,10-8-9-10)16-13(17)11-6-4-5-7-12(11)15-3/h4-7,10,15H,8-9H2,1-3H3,(H,16,17). The number of rotatable bonds is 4. The maximum atomic E-state index is 12.2. The van der Waals surface area contributed by atoms with Crippen molar-refractivity contribution in [3.05, 3.63) is 29.8 Å². The van der Waals surface area contributed by atoms with Crippen LogP contribution in [0, 0.1) is 5.92 Å². The van der Waals surface area contributed by atoms with Gasteiger partial charge in [-0.1, -0.05) is 12.1 Å². The van der Waals surface area contributed by atoms with E-state index < -0.39 is 0 Å². The molecule has 2 N–H and O–H groups in total. The molecule has 0 saturated heterocycles. The van der Waals surface area contributed by atoms with Crippen molar-refractivity contribution in [2.45, 2.75) is 32.2 Å². The van der Waals surface area contributed by atoms with Crippen LogP contribution in [0.1, 0.15) is 37.0 Å². The van der Waals surface area contributed by atoms with Crippen LogP contribution in [0.2, 0.25) is 0 Å². The van der Waals surface area contributed by atoms with E-state index in [9.17, 15) is 4.79 Å². The minimum Gasteiger partial charge on any atom is -0.387 e. The number of hydrogen-bond acceptors (Lipinski definition) is 2. The molecular weight excluding hydrogens is 212 g/mol. The topological polar surface area (TPSA) is 41.1 Å². The number of carbonyl (C=O) groups excluding carboxylic acids is 1. The molecule has 1 aromatic rings. The van der Waals surface area contributed by atoms with Crippen molar-refractivity contribution in [3.8, 4) is 0 Å². The summed E-state index contributed by atoms with van der Waals surface area (Å²) in [6, 6.07) is 7.58. The average Bonchev–Trinajstić information content (AvgIpc) is 3.12. The smallest absolute Gasteiger partial charge is 0.253 e. The van der Waals surface area contributed by atoms with Crippen molar-refractivity contribution >= 4 is 11.6 Å². The lowest BCUT2D eigenvalue weighted by molar-refractivity contribution is 0.0904. The SMILES string of the molecule is CNc1ccccc1C(=O)NC(C)(C)C1CC1. The molecule has 0 atom stereocenters. The zero-order chi connectivity index (χ0) is 12.5. The number of nitrogens with one attached hydrogen (secondary N) is 2. The number of benzene rings is 1. The van der Waals surface area contributed by atoms with Gasteiger partial charge < -0.3 is 10.6 Å². The lowest BCUT2D eigenvalue weighted by atomic mass is 9.98. The van der Waals surface area contributed by atoms with E-state index in [2.05, 4.69) is 24.5 Å². The first-order chi connectivity index (χ1) is 8.04. The van der Waals surface area contributed by atoms with Crippen LogP contribution < -0.4 is 10.6 Å². The third-order valence-electron chi connectivity index (χ3n) is 3.47. The fourth-order valence-electron chi connectivity index (χ4n) is 2.17. The Kier molecular flexibility index (Phi) is 3.09. The predicted molar refractivity (Wildman–Crippen MR) is 70.3 cm³/mol. The monoisotopic (exact) mass is 232 g/mol. The summed E-state index contributed by atoms with van der Waals surface area (Å²) in [6.45, 7) is 4.20. The van der Waals surface area contributed by atoms with Crippen molar-refractivity contribution in [2.24, 2.45) is 5.92 Å². The molecule has 17 heavy (non-hydrogen) atoms. The number of carbonyl (C=O) groups is 1. The van der Waals surface area contributed by atoms with Crippen molar-refractivity contribution in [3.63, 3.8) is 0 Å². The molecule has 1 fully saturated rings. The summed E-state index contributed by atoms with van der Waals surface area (Å²) in [4.78, 5) is 12.2. The molecule has 3 heteroatoms. The maximum absolute atomic E-state index is 12.2. The van der Waals surface area contributed by atoms with Crippen molar-refractivity contribution < 1.29 is 4.79 Å². The first kappa shape index (κ1) is 12.0. The van der Waals surface area contributed by atoms with Gasteiger partial charge in [0.05, 0.1) is 5.56 Å². The van der Waals surface area contributed by atoms with Gasteiger partial charge in [0.1, 0.15) is 0 Å². The van der Waals surface area contributed by atoms with E-state index in [-0.39, 0.29) is 11.4 Å². The Morgan fingerprint density at radius 1 is 1.29 bits per heavy atom. The summed E-state index contributed by atoms with van der Waals surface area (Å²) in [7, 11) is 1.83. The zero-order valence-corrected chi connectivity index (χ0v) is 10.7. The Hall–Kier alpha value is -1.51. The minimum absolute atomic E-state index is 0.00634. The highest BCUT2D eigenvalue weighted by molar-refractivity contribution is 5.99. The van der Waals surface area contributed by atoms with Crippen LogP contribution in [0.25, 0.3) is 0 Å². The van der Waals surface area contributed by atoms with Crippen LogP contribution in [0.3, 0.4) is 0 Å². The molecule has 0 spiro atoms. The van der Waals surface area contributed by atoms with E-state index in [0.29, 0.717) is 11.5 Å². The molecular formula is C14H20N2O. The van der Waals surface area contributed by atoms with E-state index in [1.807, 2.05) is 31.3 Å². The van der Waals surface area contributed by atoms with Gasteiger partial charge in [-0.25, -0.2) is 0 Å². The van der Waals surface area contributed by atoms with E-state index in [0.717, 1.165) is 5.69 Å². The first-order valence-corrected chi connectivity index (χ1v) is 6.14. The molecule has 0 bridgehead atoms. The first-order valence-electron chi connectivity index (χ1n) is 6.14. The van der Waals surface area contributed by atoms with Gasteiger partial charge in [0.25, 0.3) is 5.91 Å². The summed E-state index contributed by atoms with van der Waals surface area (Å²) in [5, 5.41) is 6.18. The van der Waals surface area contributed by atoms with Crippen LogP contribution >= 0.6 is 0 Å². The number of amides is 1. The van der Waals surface area contributed by atoms with Gasteiger partial charge in [-0.15, -0.1) is 0 Å². The summed E-state index contributed by atoms with van der Waals surface area (Å²) in [5.41, 5.74) is 1.48. The molecule has 1 aliphatic rings. The summed E-state index contributed by atoms with van der Waals surface area (Å²) in [5.74, 6) is 0.639. The van der Waals surface area contributed by atoms with Crippen LogP contribution in [0.15, 0.2) is 24.3 Å². The van der Waals surface area contributed by atoms with Gasteiger partial charge in [0.15, 0.2) is 0 Å². The lowest BCUT2D eigenvalue weighted by Gasteiger charge is -2.26. The zero-order valence-electron chi connectivity index (χ0n) is 10.7. The number of hydrogen-bond donors (Lipinski definition) is 2. The normalized spacial score (nSPS) is 15.5. The van der Waals surface area contributed by atoms with Gasteiger partial charge in [-0.05, 0) is 44.7 Å². The van der Waals surface area contributed by atoms with Crippen molar-refractivity contribution in [2.75, 3.05) is 12.4 Å². The van der Waals surface area contributed by atoms with E-state index >= 15 is 0 Å². The largest absolute Gasteiger partial charge is 0.387 e. The summed E-state index contributed by atoms with van der Waals surface area (Å²) >= 11 is 0. The third-order valence-corrected chi connectivity index (χ3v) is 3.47. The molecule has 0 aliphatic heterocycles. The average molecular weight is 232 g/mol. The molecule has 1 aromatic carbocycles. The molecule has 0 aromatic heterocycles. The lowest BCUT2D eigenvalue weighted by Crippen LogP contribution is -2.45. The fraction of sp³-hybridized carbons (Fsp3) is 0.500. The highest BCUT2D eigenvalue weighted by Crippen LogP contribution is 2.39. The van der Waals surface area contributed by atoms with Crippen LogP contribution in [-0.2, 0) is 0 Å². The van der Waals surface area contributed by atoms with Crippen molar-refractivity contribution in [1.29, 1.82) is 0 Å². The molecule has 0 radical (unpaired) electrons. The molecule has 0 heterocycles. The Morgan fingerprint density at radius 2 is 1.94 bits per heavy atom. The summed E-state index contributed by atoms with van der Waals surface area (Å²) in [6.07, 6.45) is 2.45. The maximum Gasteiger partial charge on any atom is 0.253 e. The predicted octanol–water partition coefficient (Wildman–Crippen LogP) is 2.65. The molecule has 2 rings (SSSR count). The van der Waals surface area contributed by atoms with Gasteiger partial charge in [0.2, 0.25) is 0 Å². The van der Waals surface area contributed by atoms with E-state index in [4.69, 9.17) is 0 Å². The quantitative estimate of drug-likeness (QED) is 0.838. The van der Waals surface area contributed by atoms with Gasteiger partial charge in [-0.2, -0.15) is 0 Å². The third kappa shape index (κ3) is 2.60. The molecule has 0 unspecified atom stereocenters. The molecule has 1 amide bonds. The van der Waals surface area contributed by atoms with Gasteiger partial charge in [-0.3, -0.25) is 4.79 Å². The molecule has 1 saturated carbocycles. The second-order valence-corrected chi connectivity index (χ2v) is 5.25. The molecule has 1 aliphatic carbocycles. The van der Waals surface area contributed by atoms with E-state index in [1.165, 1.54) is 12.8 Å². The second-order valence-electron chi connectivity index (χ2n) is 5.25. The highest BCUT2D eigenvalue weighted by atomic mass is 16.1. The van der Waals surface area contributed by atoms with E-state index in [1.54, 1.807) is 0 Å². The molecule has 3 nitrogen and oxygen atoms in total. The fourth-order valence-corrected chi connectivity index (χ4v) is 2.17. The van der Waals surface area contributed by atoms with Gasteiger partial charge in [0, 0.05) is 18.3 Å². The minimum atomic E-state index is -0.0993. The Labute approximate surface area is 103 Å².